The summed E-state index contributed by atoms with van der Waals surface area (Å²) in [6.07, 6.45) is 1.54. The van der Waals surface area contributed by atoms with Gasteiger partial charge in [-0.1, -0.05) is 19.1 Å². The summed E-state index contributed by atoms with van der Waals surface area (Å²) < 4.78 is 0. The Balaban J connectivity index is 2.37. The quantitative estimate of drug-likeness (QED) is 0.768. The summed E-state index contributed by atoms with van der Waals surface area (Å²) >= 11 is 0. The van der Waals surface area contributed by atoms with Gasteiger partial charge in [-0.25, -0.2) is 0 Å². The van der Waals surface area contributed by atoms with Gasteiger partial charge in [-0.3, -0.25) is 9.59 Å². The predicted octanol–water partition coefficient (Wildman–Crippen LogP) is 1.91. The molecular formula is C16H24N2O3. The third-order valence-electron chi connectivity index (χ3n) is 3.48. The van der Waals surface area contributed by atoms with Gasteiger partial charge < -0.3 is 15.3 Å². The molecule has 0 saturated carbocycles. The second-order valence-electron chi connectivity index (χ2n) is 5.31. The van der Waals surface area contributed by atoms with Crippen LogP contribution in [0.25, 0.3) is 0 Å². The highest BCUT2D eigenvalue weighted by Crippen LogP contribution is 2.13. The summed E-state index contributed by atoms with van der Waals surface area (Å²) in [4.78, 5) is 24.6. The second kappa shape index (κ2) is 8.29. The maximum absolute atomic E-state index is 11.7. The summed E-state index contributed by atoms with van der Waals surface area (Å²) in [5.41, 5.74) is 2.22. The SMILES string of the molecule is CCC(CNC(=O)CCc1ccc(N(C)C)cc1)C(=O)O. The van der Waals surface area contributed by atoms with E-state index >= 15 is 0 Å². The van der Waals surface area contributed by atoms with Crippen LogP contribution >= 0.6 is 0 Å². The first-order valence-corrected chi connectivity index (χ1v) is 7.19. The standard InChI is InChI=1S/C16H24N2O3/c1-4-13(16(20)21)11-17-15(19)10-7-12-5-8-14(9-6-12)18(2)3/h5-6,8-9,13H,4,7,10-11H2,1-3H3,(H,17,19)(H,20,21). The zero-order valence-electron chi connectivity index (χ0n) is 12.9. The Kier molecular flexibility index (Phi) is 6.72. The molecule has 0 spiro atoms. The molecule has 0 bridgehead atoms. The number of aryl methyl sites for hydroxylation is 1. The third-order valence-corrected chi connectivity index (χ3v) is 3.48. The number of hydrogen-bond donors (Lipinski definition) is 2. The number of benzene rings is 1. The molecule has 5 nitrogen and oxygen atoms in total. The van der Waals surface area contributed by atoms with Gasteiger partial charge in [-0.15, -0.1) is 0 Å². The minimum atomic E-state index is -0.864. The fourth-order valence-electron chi connectivity index (χ4n) is 1.95. The Bertz CT molecular complexity index is 469. The number of nitrogens with one attached hydrogen (secondary N) is 1. The van der Waals surface area contributed by atoms with E-state index in [1.165, 1.54) is 0 Å². The number of rotatable bonds is 8. The number of carbonyl (C=O) groups excluding carboxylic acids is 1. The van der Waals surface area contributed by atoms with Crippen molar-refractivity contribution >= 4 is 17.6 Å². The largest absolute Gasteiger partial charge is 0.481 e. The van der Waals surface area contributed by atoms with Gasteiger partial charge in [0.05, 0.1) is 5.92 Å². The minimum Gasteiger partial charge on any atom is -0.481 e. The van der Waals surface area contributed by atoms with Crippen molar-refractivity contribution < 1.29 is 14.7 Å². The Morgan fingerprint density at radius 1 is 1.24 bits per heavy atom. The topological polar surface area (TPSA) is 69.6 Å². The predicted molar refractivity (Wildman–Crippen MR) is 83.5 cm³/mol. The molecule has 1 amide bonds. The normalized spacial score (nSPS) is 11.8. The zero-order valence-corrected chi connectivity index (χ0v) is 12.9. The van der Waals surface area contributed by atoms with Crippen molar-refractivity contribution in [2.75, 3.05) is 25.5 Å². The van der Waals surface area contributed by atoms with Crippen LogP contribution in [0.3, 0.4) is 0 Å². The van der Waals surface area contributed by atoms with Gasteiger partial charge in [0, 0.05) is 32.7 Å². The minimum absolute atomic E-state index is 0.105. The van der Waals surface area contributed by atoms with E-state index in [2.05, 4.69) is 5.32 Å². The van der Waals surface area contributed by atoms with Crippen LogP contribution in [0, 0.1) is 5.92 Å². The van der Waals surface area contributed by atoms with E-state index in [0.29, 0.717) is 19.3 Å². The lowest BCUT2D eigenvalue weighted by atomic mass is 10.1. The molecule has 21 heavy (non-hydrogen) atoms. The molecule has 1 aromatic carbocycles. The third kappa shape index (κ3) is 5.85. The highest BCUT2D eigenvalue weighted by Gasteiger charge is 2.15. The number of amides is 1. The molecule has 0 heterocycles. The van der Waals surface area contributed by atoms with E-state index in [1.807, 2.05) is 43.3 Å². The number of carboxylic acids is 1. The van der Waals surface area contributed by atoms with Crippen molar-refractivity contribution in [3.8, 4) is 0 Å². The van der Waals surface area contributed by atoms with Gasteiger partial charge in [0.2, 0.25) is 5.91 Å². The molecule has 1 rings (SSSR count). The second-order valence-corrected chi connectivity index (χ2v) is 5.31. The van der Waals surface area contributed by atoms with Crippen LogP contribution in [0.2, 0.25) is 0 Å². The van der Waals surface area contributed by atoms with Gasteiger partial charge in [0.1, 0.15) is 0 Å². The van der Waals surface area contributed by atoms with Crippen molar-refractivity contribution in [3.63, 3.8) is 0 Å². The Morgan fingerprint density at radius 2 is 1.86 bits per heavy atom. The van der Waals surface area contributed by atoms with Crippen molar-refractivity contribution in [3.05, 3.63) is 29.8 Å². The molecule has 1 atom stereocenters. The fourth-order valence-corrected chi connectivity index (χ4v) is 1.95. The Morgan fingerprint density at radius 3 is 2.33 bits per heavy atom. The summed E-state index contributed by atoms with van der Waals surface area (Å²) in [6, 6.07) is 8.05. The maximum atomic E-state index is 11.7. The molecular weight excluding hydrogens is 268 g/mol. The number of carboxylic acid groups (broad SMARTS) is 1. The maximum Gasteiger partial charge on any atom is 0.308 e. The lowest BCUT2D eigenvalue weighted by Gasteiger charge is -2.13. The molecule has 2 N–H and O–H groups in total. The van der Waals surface area contributed by atoms with Gasteiger partial charge in [-0.2, -0.15) is 0 Å². The Labute approximate surface area is 126 Å². The van der Waals surface area contributed by atoms with E-state index in [0.717, 1.165) is 11.3 Å². The number of nitrogens with zero attached hydrogens (tertiary/aromatic N) is 1. The molecule has 0 aromatic heterocycles. The number of aliphatic carboxylic acids is 1. The van der Waals surface area contributed by atoms with Crippen LogP contribution in [-0.2, 0) is 16.0 Å². The zero-order chi connectivity index (χ0) is 15.8. The van der Waals surface area contributed by atoms with E-state index in [-0.39, 0.29) is 12.5 Å². The van der Waals surface area contributed by atoms with Crippen LogP contribution in [0.5, 0.6) is 0 Å². The van der Waals surface area contributed by atoms with Crippen molar-refractivity contribution in [1.29, 1.82) is 0 Å². The van der Waals surface area contributed by atoms with E-state index in [4.69, 9.17) is 5.11 Å². The molecule has 1 aromatic rings. The van der Waals surface area contributed by atoms with Crippen LogP contribution in [0.1, 0.15) is 25.3 Å². The van der Waals surface area contributed by atoms with E-state index in [1.54, 1.807) is 6.92 Å². The molecule has 5 heteroatoms. The van der Waals surface area contributed by atoms with Gasteiger partial charge >= 0.3 is 5.97 Å². The molecule has 0 aliphatic carbocycles. The highest BCUT2D eigenvalue weighted by molar-refractivity contribution is 5.77. The molecule has 0 aliphatic heterocycles. The number of anilines is 1. The molecule has 0 radical (unpaired) electrons. The Hall–Kier alpha value is -2.04. The monoisotopic (exact) mass is 292 g/mol. The van der Waals surface area contributed by atoms with Crippen molar-refractivity contribution in [2.45, 2.75) is 26.2 Å². The lowest BCUT2D eigenvalue weighted by Crippen LogP contribution is -2.32. The van der Waals surface area contributed by atoms with Crippen LogP contribution in [0.15, 0.2) is 24.3 Å². The van der Waals surface area contributed by atoms with Crippen LogP contribution < -0.4 is 10.2 Å². The van der Waals surface area contributed by atoms with Gasteiger partial charge in [0.15, 0.2) is 0 Å². The lowest BCUT2D eigenvalue weighted by molar-refractivity contribution is -0.141. The van der Waals surface area contributed by atoms with E-state index in [9.17, 15) is 9.59 Å². The summed E-state index contributed by atoms with van der Waals surface area (Å²) in [7, 11) is 3.96. The molecule has 116 valence electrons. The summed E-state index contributed by atoms with van der Waals surface area (Å²) in [5, 5.41) is 11.6. The van der Waals surface area contributed by atoms with Gasteiger partial charge in [0.25, 0.3) is 0 Å². The molecule has 0 saturated heterocycles. The average Bonchev–Trinajstić information content (AvgIpc) is 2.45. The van der Waals surface area contributed by atoms with Crippen molar-refractivity contribution in [2.24, 2.45) is 5.92 Å². The fraction of sp³-hybridized carbons (Fsp3) is 0.500. The molecule has 0 fully saturated rings. The smallest absolute Gasteiger partial charge is 0.308 e. The number of carbonyl (C=O) groups is 2. The van der Waals surface area contributed by atoms with Crippen LogP contribution in [-0.4, -0.2) is 37.6 Å². The first kappa shape index (κ1) is 17.0. The number of hydrogen-bond acceptors (Lipinski definition) is 3. The molecule has 1 unspecified atom stereocenters. The first-order valence-electron chi connectivity index (χ1n) is 7.19. The summed E-state index contributed by atoms with van der Waals surface area (Å²) in [5.74, 6) is -1.48. The van der Waals surface area contributed by atoms with E-state index < -0.39 is 11.9 Å². The first-order chi connectivity index (χ1) is 9.93. The van der Waals surface area contributed by atoms with Crippen LogP contribution in [0.4, 0.5) is 5.69 Å². The average molecular weight is 292 g/mol. The van der Waals surface area contributed by atoms with Crippen molar-refractivity contribution in [1.82, 2.24) is 5.32 Å². The summed E-state index contributed by atoms with van der Waals surface area (Å²) in [6.45, 7) is 2.00. The molecule has 0 aliphatic rings. The highest BCUT2D eigenvalue weighted by atomic mass is 16.4. The van der Waals surface area contributed by atoms with Gasteiger partial charge in [-0.05, 0) is 30.5 Å².